The lowest BCUT2D eigenvalue weighted by Crippen LogP contribution is -2.54. The predicted octanol–water partition coefficient (Wildman–Crippen LogP) is 5.61. The van der Waals surface area contributed by atoms with Crippen LogP contribution >= 0.6 is 0 Å². The van der Waals surface area contributed by atoms with Crippen LogP contribution in [-0.2, 0) is 45.3 Å². The number of carbonyl (C=O) groups excluding carboxylic acids is 2. The van der Waals surface area contributed by atoms with Crippen molar-refractivity contribution in [1.29, 1.82) is 0 Å². The van der Waals surface area contributed by atoms with Crippen LogP contribution < -0.4 is 21.3 Å². The molecule has 0 fully saturated rings. The summed E-state index contributed by atoms with van der Waals surface area (Å²) in [7, 11) is -2.20. The van der Waals surface area contributed by atoms with E-state index in [-0.39, 0.29) is 19.5 Å². The number of urea groups is 1. The van der Waals surface area contributed by atoms with E-state index >= 15 is 0 Å². The second-order valence-corrected chi connectivity index (χ2v) is 14.9. The number of likely N-dealkylation sites (N-methyl/N-ethyl adjacent to an activating group) is 1. The lowest BCUT2D eigenvalue weighted by atomic mass is 10.0. The average Bonchev–Trinajstić information content (AvgIpc) is 3.09. The van der Waals surface area contributed by atoms with Crippen LogP contribution in [0.25, 0.3) is 0 Å². The van der Waals surface area contributed by atoms with Gasteiger partial charge in [0.15, 0.2) is 9.84 Å². The Kier molecular flexibility index (Phi) is 16.8. The Morgan fingerprint density at radius 1 is 0.800 bits per heavy atom. The van der Waals surface area contributed by atoms with Crippen molar-refractivity contribution in [1.82, 2.24) is 21.3 Å². The van der Waals surface area contributed by atoms with Crippen molar-refractivity contribution in [3.8, 4) is 0 Å². The summed E-state index contributed by atoms with van der Waals surface area (Å²) in [4.78, 5) is 27.1. The number of hydrogen-bond acceptors (Lipinski definition) is 7. The minimum Gasteiger partial charge on any atom is -0.458 e. The van der Waals surface area contributed by atoms with Crippen LogP contribution in [0.2, 0.25) is 0 Å². The van der Waals surface area contributed by atoms with Gasteiger partial charge in [-0.3, -0.25) is 0 Å². The van der Waals surface area contributed by atoms with Gasteiger partial charge in [-0.1, -0.05) is 88.2 Å². The van der Waals surface area contributed by atoms with Gasteiger partial charge in [0, 0.05) is 31.7 Å². The van der Waals surface area contributed by atoms with Gasteiger partial charge in [-0.15, -0.1) is 0 Å². The number of amides is 2. The van der Waals surface area contributed by atoms with Gasteiger partial charge in [-0.2, -0.15) is 0 Å². The third kappa shape index (κ3) is 13.4. The Hall–Kier alpha value is -3.87. The first-order valence-electron chi connectivity index (χ1n) is 17.4. The summed E-state index contributed by atoms with van der Waals surface area (Å²) in [6.07, 6.45) is 2.18. The Morgan fingerprint density at radius 2 is 1.44 bits per heavy atom. The molecule has 274 valence electrons. The van der Waals surface area contributed by atoms with Crippen molar-refractivity contribution in [3.05, 3.63) is 107 Å². The molecule has 3 aromatic rings. The first kappa shape index (κ1) is 40.6. The van der Waals surface area contributed by atoms with E-state index in [9.17, 15) is 26.8 Å². The average molecular weight is 715 g/mol. The summed E-state index contributed by atoms with van der Waals surface area (Å²) < 4.78 is 61.6. The fourth-order valence-electron chi connectivity index (χ4n) is 5.89. The Bertz CT molecular complexity index is 1580. The molecule has 12 heteroatoms. The predicted molar refractivity (Wildman–Crippen MR) is 193 cm³/mol. The summed E-state index contributed by atoms with van der Waals surface area (Å²) >= 11 is 0. The summed E-state index contributed by atoms with van der Waals surface area (Å²) in [5.74, 6) is -3.04. The molecule has 0 saturated carbocycles. The van der Waals surface area contributed by atoms with Crippen molar-refractivity contribution in [2.45, 2.75) is 95.8 Å². The normalized spacial score (nSPS) is 13.4. The topological polar surface area (TPSA) is 126 Å². The monoisotopic (exact) mass is 714 g/mol. The third-order valence-corrected chi connectivity index (χ3v) is 10.8. The largest absolute Gasteiger partial charge is 0.458 e. The second kappa shape index (κ2) is 20.7. The van der Waals surface area contributed by atoms with Crippen molar-refractivity contribution >= 4 is 21.8 Å². The van der Waals surface area contributed by atoms with Gasteiger partial charge in [0.25, 0.3) is 0 Å². The fraction of sp³-hybridized carbons (Fsp3) is 0.474. The Balaban J connectivity index is 1.88. The molecular weight excluding hydrogens is 663 g/mol. The lowest BCUT2D eigenvalue weighted by Gasteiger charge is -2.30. The standard InChI is InChI=1S/C38H52F2N4O5S/c1-5-12-33(13-6-2)50(47,48)26-35(44-38(46)43-24-28-14-9-8-10-15-28)37(45)49-36(25-42-23-29-17-11-16-27(7-3)18-29)34(41-4)21-30-19-31(39)22-32(40)20-30/h8-11,14-20,22,33-36,41-42H,5-7,12-13,21,23-26H2,1-4H3,(H2,43,44,46)/t34-,35-,36+/m0/s1. The molecule has 0 aliphatic rings. The maximum atomic E-state index is 14.1. The number of nitrogens with one attached hydrogen (secondary N) is 4. The number of carbonyl (C=O) groups is 2. The number of esters is 1. The summed E-state index contributed by atoms with van der Waals surface area (Å²) in [5, 5.41) is 11.0. The molecule has 0 aliphatic heterocycles. The SMILES string of the molecule is CCCC(CCC)S(=O)(=O)C[C@H](NC(=O)NCc1ccccc1)C(=O)O[C@H](CNCc1cccc(CC)c1)[C@H](Cc1cc(F)cc(F)c1)NC. The molecule has 9 nitrogen and oxygen atoms in total. The van der Waals surface area contributed by atoms with Gasteiger partial charge < -0.3 is 26.0 Å². The molecule has 3 atom stereocenters. The molecule has 0 radical (unpaired) electrons. The molecule has 3 aromatic carbocycles. The van der Waals surface area contributed by atoms with Crippen LogP contribution in [0.15, 0.2) is 72.8 Å². The van der Waals surface area contributed by atoms with Crippen LogP contribution in [0.3, 0.4) is 0 Å². The third-order valence-electron chi connectivity index (χ3n) is 8.55. The molecule has 0 heterocycles. The Morgan fingerprint density at radius 3 is 2.06 bits per heavy atom. The number of halogens is 2. The first-order chi connectivity index (χ1) is 24.0. The number of benzene rings is 3. The van der Waals surface area contributed by atoms with Crippen molar-refractivity contribution in [3.63, 3.8) is 0 Å². The molecule has 0 saturated heterocycles. The van der Waals surface area contributed by atoms with E-state index in [0.29, 0.717) is 37.8 Å². The second-order valence-electron chi connectivity index (χ2n) is 12.6. The minimum absolute atomic E-state index is 0.0964. The highest BCUT2D eigenvalue weighted by Crippen LogP contribution is 2.19. The van der Waals surface area contributed by atoms with Crippen LogP contribution in [0.1, 0.15) is 68.7 Å². The van der Waals surface area contributed by atoms with E-state index < -0.39 is 62.7 Å². The van der Waals surface area contributed by atoms with Crippen LogP contribution in [0.5, 0.6) is 0 Å². The quantitative estimate of drug-likeness (QED) is 0.106. The highest BCUT2D eigenvalue weighted by molar-refractivity contribution is 7.92. The molecule has 50 heavy (non-hydrogen) atoms. The molecule has 0 bridgehead atoms. The summed E-state index contributed by atoms with van der Waals surface area (Å²) in [5.41, 5.74) is 3.35. The molecule has 0 unspecified atom stereocenters. The van der Waals surface area contributed by atoms with Crippen molar-refractivity contribution in [2.24, 2.45) is 0 Å². The molecule has 0 aliphatic carbocycles. The van der Waals surface area contributed by atoms with Gasteiger partial charge in [0.1, 0.15) is 23.8 Å². The highest BCUT2D eigenvalue weighted by Gasteiger charge is 2.35. The van der Waals surface area contributed by atoms with Crippen molar-refractivity contribution in [2.75, 3.05) is 19.3 Å². The number of ether oxygens (including phenoxy) is 1. The molecule has 4 N–H and O–H groups in total. The maximum absolute atomic E-state index is 14.1. The van der Waals surface area contributed by atoms with Gasteiger partial charge in [-0.25, -0.2) is 26.8 Å². The van der Waals surface area contributed by atoms with E-state index in [0.717, 1.165) is 23.6 Å². The van der Waals surface area contributed by atoms with E-state index in [4.69, 9.17) is 4.74 Å². The number of aryl methyl sites for hydroxylation is 1. The number of sulfone groups is 1. The van der Waals surface area contributed by atoms with Crippen LogP contribution in [0.4, 0.5) is 13.6 Å². The zero-order valence-electron chi connectivity index (χ0n) is 29.5. The van der Waals surface area contributed by atoms with E-state index in [2.05, 4.69) is 34.3 Å². The highest BCUT2D eigenvalue weighted by atomic mass is 32.2. The smallest absolute Gasteiger partial charge is 0.330 e. The number of hydrogen-bond donors (Lipinski definition) is 4. The van der Waals surface area contributed by atoms with Gasteiger partial charge in [0.05, 0.1) is 11.0 Å². The van der Waals surface area contributed by atoms with E-state index in [1.54, 1.807) is 7.05 Å². The summed E-state index contributed by atoms with van der Waals surface area (Å²) in [6, 6.07) is 17.5. The van der Waals surface area contributed by atoms with Crippen molar-refractivity contribution < 1.29 is 31.5 Å². The lowest BCUT2D eigenvalue weighted by molar-refractivity contribution is -0.152. The van der Waals surface area contributed by atoms with Gasteiger partial charge in [0.2, 0.25) is 0 Å². The zero-order valence-corrected chi connectivity index (χ0v) is 30.3. The minimum atomic E-state index is -3.84. The molecular formula is C38H52F2N4O5S. The maximum Gasteiger partial charge on any atom is 0.330 e. The molecule has 3 rings (SSSR count). The van der Waals surface area contributed by atoms with Crippen LogP contribution in [0, 0.1) is 11.6 Å². The summed E-state index contributed by atoms with van der Waals surface area (Å²) in [6.45, 7) is 6.59. The molecule has 2 amide bonds. The number of rotatable bonds is 21. The van der Waals surface area contributed by atoms with Gasteiger partial charge >= 0.3 is 12.0 Å². The van der Waals surface area contributed by atoms with Gasteiger partial charge in [-0.05, 0) is 67.1 Å². The first-order valence-corrected chi connectivity index (χ1v) is 19.1. The van der Waals surface area contributed by atoms with Crippen LogP contribution in [-0.4, -0.2) is 63.2 Å². The van der Waals surface area contributed by atoms with E-state index in [1.807, 2.05) is 62.4 Å². The van der Waals surface area contributed by atoms with E-state index in [1.165, 1.54) is 17.7 Å². The zero-order chi connectivity index (χ0) is 36.5. The fourth-order valence-corrected chi connectivity index (χ4v) is 8.04. The molecule has 0 aromatic heterocycles. The Labute approximate surface area is 295 Å². The molecule has 0 spiro atoms.